The van der Waals surface area contributed by atoms with Crippen molar-refractivity contribution in [1.82, 2.24) is 14.5 Å². The zero-order chi connectivity index (χ0) is 19.1. The Morgan fingerprint density at radius 3 is 3.07 bits per heavy atom. The number of aromatic nitrogens is 2. The molecule has 1 atom stereocenters. The number of amides is 1. The fraction of sp³-hybridized carbons (Fsp3) is 0.273. The van der Waals surface area contributed by atoms with Crippen molar-refractivity contribution in [1.29, 1.82) is 0 Å². The lowest BCUT2D eigenvalue weighted by Gasteiger charge is -2.46. The number of hydrogen-bond donors (Lipinski definition) is 0. The van der Waals surface area contributed by atoms with Gasteiger partial charge in [-0.25, -0.2) is 4.98 Å². The van der Waals surface area contributed by atoms with Crippen LogP contribution in [-0.4, -0.2) is 40.0 Å². The third-order valence-corrected chi connectivity index (χ3v) is 6.61. The van der Waals surface area contributed by atoms with E-state index in [1.165, 1.54) is 5.69 Å². The summed E-state index contributed by atoms with van der Waals surface area (Å²) in [5, 5.41) is 4.08. The first-order chi connectivity index (χ1) is 13.7. The van der Waals surface area contributed by atoms with Gasteiger partial charge in [0.15, 0.2) is 5.82 Å². The van der Waals surface area contributed by atoms with Crippen LogP contribution < -0.4 is 4.90 Å². The Kier molecular flexibility index (Phi) is 4.09. The van der Waals surface area contributed by atoms with Crippen molar-refractivity contribution >= 4 is 22.9 Å². The number of hydrogen-bond acceptors (Lipinski definition) is 4. The highest BCUT2D eigenvalue weighted by Gasteiger charge is 2.50. The molecule has 5 rings (SSSR count). The Morgan fingerprint density at radius 2 is 2.25 bits per heavy atom. The fourth-order valence-electron chi connectivity index (χ4n) is 4.62. The van der Waals surface area contributed by atoms with Crippen LogP contribution in [-0.2, 0) is 16.8 Å². The molecule has 1 fully saturated rings. The molecule has 28 heavy (non-hydrogen) atoms. The molecule has 5 nitrogen and oxygen atoms in total. The van der Waals surface area contributed by atoms with Gasteiger partial charge in [0.2, 0.25) is 5.91 Å². The molecule has 0 saturated carbocycles. The normalized spacial score (nSPS) is 20.3. The summed E-state index contributed by atoms with van der Waals surface area (Å²) in [4.78, 5) is 22.0. The van der Waals surface area contributed by atoms with Crippen LogP contribution in [0.1, 0.15) is 17.7 Å². The van der Waals surface area contributed by atoms with Gasteiger partial charge in [-0.05, 0) is 53.1 Å². The van der Waals surface area contributed by atoms with Gasteiger partial charge in [-0.3, -0.25) is 4.79 Å². The van der Waals surface area contributed by atoms with E-state index >= 15 is 0 Å². The molecule has 0 aromatic carbocycles. The zero-order valence-electron chi connectivity index (χ0n) is 15.6. The molecular weight excluding hydrogens is 368 g/mol. The molecule has 1 unspecified atom stereocenters. The highest BCUT2D eigenvalue weighted by Crippen LogP contribution is 2.46. The van der Waals surface area contributed by atoms with Gasteiger partial charge in [0.05, 0.1) is 17.8 Å². The summed E-state index contributed by atoms with van der Waals surface area (Å²) in [5.41, 5.74) is 3.14. The minimum absolute atomic E-state index is 0.198. The average molecular weight is 391 g/mol. The number of carbonyl (C=O) groups excluding carboxylic acids is 1. The lowest BCUT2D eigenvalue weighted by Crippen LogP contribution is -2.52. The Bertz CT molecular complexity index is 1020. The Morgan fingerprint density at radius 1 is 1.32 bits per heavy atom. The van der Waals surface area contributed by atoms with Gasteiger partial charge in [0.25, 0.3) is 0 Å². The molecule has 3 aromatic rings. The van der Waals surface area contributed by atoms with Gasteiger partial charge in [0.1, 0.15) is 5.54 Å². The summed E-state index contributed by atoms with van der Waals surface area (Å²) in [7, 11) is 0. The molecule has 0 aliphatic carbocycles. The zero-order valence-corrected chi connectivity index (χ0v) is 16.4. The quantitative estimate of drug-likeness (QED) is 0.639. The number of likely N-dealkylation sites (tertiary alicyclic amines) is 1. The van der Waals surface area contributed by atoms with Gasteiger partial charge in [-0.15, -0.1) is 6.58 Å². The van der Waals surface area contributed by atoms with Crippen molar-refractivity contribution in [3.63, 3.8) is 0 Å². The first kappa shape index (κ1) is 17.3. The largest absolute Gasteiger partial charge is 0.352 e. The topological polar surface area (TPSA) is 41.4 Å². The van der Waals surface area contributed by atoms with Crippen LogP contribution in [0.15, 0.2) is 66.1 Å². The van der Waals surface area contributed by atoms with Gasteiger partial charge in [0, 0.05) is 32.0 Å². The number of fused-ring (bicyclic) bond motifs is 4. The molecule has 1 spiro atoms. The van der Waals surface area contributed by atoms with E-state index in [2.05, 4.69) is 50.8 Å². The van der Waals surface area contributed by atoms with Crippen molar-refractivity contribution in [3.05, 3.63) is 77.4 Å². The van der Waals surface area contributed by atoms with Gasteiger partial charge >= 0.3 is 0 Å². The van der Waals surface area contributed by atoms with Crippen LogP contribution in [0, 0.1) is 0 Å². The second-order valence-electron chi connectivity index (χ2n) is 7.41. The predicted octanol–water partition coefficient (Wildman–Crippen LogP) is 3.61. The molecule has 2 aliphatic rings. The molecular formula is C22H22N4OS. The maximum Gasteiger partial charge on any atom is 0.227 e. The minimum Gasteiger partial charge on any atom is -0.352 e. The third-order valence-electron chi connectivity index (χ3n) is 5.87. The molecule has 1 amide bonds. The van der Waals surface area contributed by atoms with Crippen molar-refractivity contribution < 1.29 is 4.79 Å². The first-order valence-corrected chi connectivity index (χ1v) is 10.5. The van der Waals surface area contributed by atoms with E-state index in [1.807, 2.05) is 34.7 Å². The van der Waals surface area contributed by atoms with Gasteiger partial charge in [-0.2, -0.15) is 11.3 Å². The second kappa shape index (κ2) is 6.63. The van der Waals surface area contributed by atoms with Gasteiger partial charge < -0.3 is 14.4 Å². The van der Waals surface area contributed by atoms with E-state index in [0.717, 1.165) is 36.6 Å². The standard InChI is InChI=1S/C22H22N4OS/c1-2-10-26-18-5-3-9-23-21(18)25-11-4-6-19(25)22(26)8-12-24(16-22)20(27)14-17-7-13-28-15-17/h2-7,9,11,13,15H,1,8,10,12,14,16H2. The van der Waals surface area contributed by atoms with E-state index < -0.39 is 0 Å². The molecule has 142 valence electrons. The molecule has 5 heterocycles. The highest BCUT2D eigenvalue weighted by molar-refractivity contribution is 7.08. The summed E-state index contributed by atoms with van der Waals surface area (Å²) < 4.78 is 2.18. The maximum absolute atomic E-state index is 13.0. The molecule has 0 radical (unpaired) electrons. The van der Waals surface area contributed by atoms with E-state index in [0.29, 0.717) is 13.0 Å². The molecule has 1 saturated heterocycles. The summed E-state index contributed by atoms with van der Waals surface area (Å²) in [5.74, 6) is 1.14. The SMILES string of the molecule is C=CCN1c2cccnc2-n2cccc2C12CCN(C(=O)Cc1ccsc1)C2. The van der Waals surface area contributed by atoms with Crippen LogP contribution in [0.3, 0.4) is 0 Å². The third kappa shape index (κ3) is 2.52. The summed E-state index contributed by atoms with van der Waals surface area (Å²) in [6, 6.07) is 10.4. The summed E-state index contributed by atoms with van der Waals surface area (Å²) in [6.07, 6.45) is 7.21. The van der Waals surface area contributed by atoms with E-state index in [4.69, 9.17) is 0 Å². The van der Waals surface area contributed by atoms with Gasteiger partial charge in [-0.1, -0.05) is 6.08 Å². The van der Waals surface area contributed by atoms with E-state index in [9.17, 15) is 4.79 Å². The monoisotopic (exact) mass is 390 g/mol. The average Bonchev–Trinajstić information content (AvgIpc) is 3.46. The van der Waals surface area contributed by atoms with Crippen LogP contribution in [0.2, 0.25) is 0 Å². The number of thiophene rings is 1. The van der Waals surface area contributed by atoms with Crippen molar-refractivity contribution in [2.24, 2.45) is 0 Å². The second-order valence-corrected chi connectivity index (χ2v) is 8.19. The smallest absolute Gasteiger partial charge is 0.227 e. The van der Waals surface area contributed by atoms with Crippen LogP contribution in [0.25, 0.3) is 5.82 Å². The Balaban J connectivity index is 1.53. The number of nitrogens with zero attached hydrogens (tertiary/aromatic N) is 4. The number of pyridine rings is 1. The Hall–Kier alpha value is -2.86. The predicted molar refractivity (Wildman–Crippen MR) is 112 cm³/mol. The summed E-state index contributed by atoms with van der Waals surface area (Å²) in [6.45, 7) is 6.14. The van der Waals surface area contributed by atoms with E-state index in [-0.39, 0.29) is 11.4 Å². The van der Waals surface area contributed by atoms with E-state index in [1.54, 1.807) is 11.3 Å². The number of anilines is 1. The highest BCUT2D eigenvalue weighted by atomic mass is 32.1. The van der Waals surface area contributed by atoms with Crippen LogP contribution >= 0.6 is 11.3 Å². The first-order valence-electron chi connectivity index (χ1n) is 9.53. The lowest BCUT2D eigenvalue weighted by molar-refractivity contribution is -0.129. The molecule has 0 N–H and O–H groups in total. The van der Waals surface area contributed by atoms with Crippen molar-refractivity contribution in [3.8, 4) is 5.82 Å². The van der Waals surface area contributed by atoms with Crippen LogP contribution in [0.5, 0.6) is 0 Å². The van der Waals surface area contributed by atoms with Crippen LogP contribution in [0.4, 0.5) is 5.69 Å². The van der Waals surface area contributed by atoms with Crippen molar-refractivity contribution in [2.75, 3.05) is 24.5 Å². The Labute approximate surface area is 168 Å². The molecule has 0 bridgehead atoms. The molecule has 2 aliphatic heterocycles. The lowest BCUT2D eigenvalue weighted by atomic mass is 9.89. The number of rotatable bonds is 4. The number of carbonyl (C=O) groups is 1. The van der Waals surface area contributed by atoms with Crippen molar-refractivity contribution in [2.45, 2.75) is 18.4 Å². The fourth-order valence-corrected chi connectivity index (χ4v) is 5.28. The maximum atomic E-state index is 13.0. The minimum atomic E-state index is -0.252. The molecule has 3 aromatic heterocycles. The molecule has 6 heteroatoms. The summed E-state index contributed by atoms with van der Waals surface area (Å²) >= 11 is 1.64.